The highest BCUT2D eigenvalue weighted by atomic mass is 79.9. The smallest absolute Gasteiger partial charge is 0.254 e. The molecule has 2 heterocycles. The molecule has 1 aromatic heterocycles. The van der Waals surface area contributed by atoms with Crippen molar-refractivity contribution in [1.82, 2.24) is 14.7 Å². The van der Waals surface area contributed by atoms with E-state index in [2.05, 4.69) is 34.9 Å². The molecule has 4 nitrogen and oxygen atoms in total. The standard InChI is InChI=1S/C19H24BrN3O/c1-13-6-4-5-11-22(13)19(24)17-9-7-16(8-10-17)12-23-15(3)18(20)14(2)21-23/h7-10,13H,4-6,11-12H2,1-3H3. The van der Waals surface area contributed by atoms with Crippen molar-refractivity contribution in [3.63, 3.8) is 0 Å². The maximum absolute atomic E-state index is 12.7. The highest BCUT2D eigenvalue weighted by molar-refractivity contribution is 9.10. The van der Waals surface area contributed by atoms with Crippen LogP contribution in [0.1, 0.15) is 53.5 Å². The van der Waals surface area contributed by atoms with Gasteiger partial charge in [0, 0.05) is 18.2 Å². The Kier molecular flexibility index (Phi) is 5.09. The van der Waals surface area contributed by atoms with Gasteiger partial charge in [-0.3, -0.25) is 9.48 Å². The largest absolute Gasteiger partial charge is 0.336 e. The lowest BCUT2D eigenvalue weighted by molar-refractivity contribution is 0.0635. The van der Waals surface area contributed by atoms with Crippen molar-refractivity contribution >= 4 is 21.8 Å². The molecule has 0 spiro atoms. The zero-order chi connectivity index (χ0) is 17.3. The van der Waals surface area contributed by atoms with Gasteiger partial charge in [-0.15, -0.1) is 0 Å². The lowest BCUT2D eigenvalue weighted by atomic mass is 10.0. The van der Waals surface area contributed by atoms with Crippen LogP contribution < -0.4 is 0 Å². The fraction of sp³-hybridized carbons (Fsp3) is 0.474. The topological polar surface area (TPSA) is 38.1 Å². The van der Waals surface area contributed by atoms with Crippen molar-refractivity contribution in [2.24, 2.45) is 0 Å². The minimum absolute atomic E-state index is 0.155. The lowest BCUT2D eigenvalue weighted by Gasteiger charge is -2.33. The molecule has 0 N–H and O–H groups in total. The van der Waals surface area contributed by atoms with Crippen LogP contribution in [0, 0.1) is 13.8 Å². The van der Waals surface area contributed by atoms with Crippen LogP contribution >= 0.6 is 15.9 Å². The number of halogens is 1. The molecule has 1 aliphatic heterocycles. The summed E-state index contributed by atoms with van der Waals surface area (Å²) in [5.41, 5.74) is 4.05. The van der Waals surface area contributed by atoms with Crippen molar-refractivity contribution < 1.29 is 4.79 Å². The fourth-order valence-electron chi connectivity index (χ4n) is 3.32. The molecule has 1 atom stereocenters. The molecule has 1 fully saturated rings. The first-order valence-electron chi connectivity index (χ1n) is 8.57. The zero-order valence-electron chi connectivity index (χ0n) is 14.6. The number of hydrogen-bond donors (Lipinski definition) is 0. The molecule has 0 bridgehead atoms. The zero-order valence-corrected chi connectivity index (χ0v) is 16.1. The summed E-state index contributed by atoms with van der Waals surface area (Å²) in [6, 6.07) is 8.30. The third-order valence-electron chi connectivity index (χ3n) is 4.89. The number of amides is 1. The number of nitrogens with zero attached hydrogens (tertiary/aromatic N) is 3. The molecule has 128 valence electrons. The van der Waals surface area contributed by atoms with E-state index in [1.54, 1.807) is 0 Å². The molecule has 3 rings (SSSR count). The van der Waals surface area contributed by atoms with Gasteiger partial charge in [0.15, 0.2) is 0 Å². The summed E-state index contributed by atoms with van der Waals surface area (Å²) in [4.78, 5) is 14.7. The van der Waals surface area contributed by atoms with Crippen molar-refractivity contribution in [2.75, 3.05) is 6.54 Å². The van der Waals surface area contributed by atoms with Gasteiger partial charge in [-0.2, -0.15) is 5.10 Å². The number of rotatable bonds is 3. The summed E-state index contributed by atoms with van der Waals surface area (Å²) in [6.45, 7) is 7.79. The number of likely N-dealkylation sites (tertiary alicyclic amines) is 1. The van der Waals surface area contributed by atoms with Crippen LogP contribution in [0.3, 0.4) is 0 Å². The van der Waals surface area contributed by atoms with E-state index in [-0.39, 0.29) is 5.91 Å². The molecule has 5 heteroatoms. The molecule has 1 aliphatic rings. The minimum Gasteiger partial charge on any atom is -0.336 e. The van der Waals surface area contributed by atoms with E-state index in [9.17, 15) is 4.79 Å². The fourth-order valence-corrected chi connectivity index (χ4v) is 3.60. The first-order valence-corrected chi connectivity index (χ1v) is 9.36. The van der Waals surface area contributed by atoms with Gasteiger partial charge in [-0.1, -0.05) is 12.1 Å². The number of hydrogen-bond acceptors (Lipinski definition) is 2. The van der Waals surface area contributed by atoms with E-state index in [0.29, 0.717) is 12.6 Å². The van der Waals surface area contributed by atoms with Crippen LogP contribution in [-0.2, 0) is 6.54 Å². The average Bonchev–Trinajstić information content (AvgIpc) is 2.82. The second-order valence-electron chi connectivity index (χ2n) is 6.68. The second-order valence-corrected chi connectivity index (χ2v) is 7.48. The van der Waals surface area contributed by atoms with E-state index >= 15 is 0 Å². The average molecular weight is 390 g/mol. The van der Waals surface area contributed by atoms with Gasteiger partial charge < -0.3 is 4.90 Å². The summed E-state index contributed by atoms with van der Waals surface area (Å²) >= 11 is 3.56. The number of aromatic nitrogens is 2. The predicted octanol–water partition coefficient (Wildman–Crippen LogP) is 4.33. The summed E-state index contributed by atoms with van der Waals surface area (Å²) in [5.74, 6) is 0.155. The van der Waals surface area contributed by atoms with Gasteiger partial charge in [0.05, 0.1) is 22.4 Å². The maximum atomic E-state index is 12.7. The van der Waals surface area contributed by atoms with E-state index < -0.39 is 0 Å². The van der Waals surface area contributed by atoms with Gasteiger partial charge in [0.1, 0.15) is 0 Å². The van der Waals surface area contributed by atoms with Gasteiger partial charge in [0.25, 0.3) is 5.91 Å². The van der Waals surface area contributed by atoms with Crippen LogP contribution in [0.2, 0.25) is 0 Å². The van der Waals surface area contributed by atoms with Crippen molar-refractivity contribution in [1.29, 1.82) is 0 Å². The Morgan fingerprint density at radius 1 is 1.25 bits per heavy atom. The Labute approximate surface area is 152 Å². The number of piperidine rings is 1. The van der Waals surface area contributed by atoms with Crippen molar-refractivity contribution in [3.8, 4) is 0 Å². The van der Waals surface area contributed by atoms with Gasteiger partial charge in [0.2, 0.25) is 0 Å². The number of carbonyl (C=O) groups excluding carboxylic acids is 1. The number of aryl methyl sites for hydroxylation is 1. The van der Waals surface area contributed by atoms with Crippen LogP contribution in [0.5, 0.6) is 0 Å². The third-order valence-corrected chi connectivity index (χ3v) is 6.04. The number of benzene rings is 1. The second kappa shape index (κ2) is 7.09. The molecule has 1 amide bonds. The molecular weight excluding hydrogens is 366 g/mol. The highest BCUT2D eigenvalue weighted by Gasteiger charge is 2.24. The molecular formula is C19H24BrN3O. The Hall–Kier alpha value is -1.62. The molecule has 0 radical (unpaired) electrons. The summed E-state index contributed by atoms with van der Waals surface area (Å²) in [5, 5.41) is 4.54. The summed E-state index contributed by atoms with van der Waals surface area (Å²) in [7, 11) is 0. The molecule has 1 aromatic carbocycles. The summed E-state index contributed by atoms with van der Waals surface area (Å²) in [6.07, 6.45) is 3.44. The van der Waals surface area contributed by atoms with E-state index in [0.717, 1.165) is 46.4 Å². The molecule has 0 aliphatic carbocycles. The first-order chi connectivity index (χ1) is 11.5. The van der Waals surface area contributed by atoms with Crippen molar-refractivity contribution in [2.45, 2.75) is 52.6 Å². The van der Waals surface area contributed by atoms with Crippen molar-refractivity contribution in [3.05, 3.63) is 51.3 Å². The highest BCUT2D eigenvalue weighted by Crippen LogP contribution is 2.22. The van der Waals surface area contributed by atoms with E-state index in [1.807, 2.05) is 40.8 Å². The molecule has 1 unspecified atom stereocenters. The quantitative estimate of drug-likeness (QED) is 0.783. The van der Waals surface area contributed by atoms with Crippen LogP contribution in [-0.4, -0.2) is 33.2 Å². The van der Waals surface area contributed by atoms with Gasteiger partial charge in [-0.05, 0) is 73.7 Å². The maximum Gasteiger partial charge on any atom is 0.254 e. The normalized spacial score (nSPS) is 18.0. The van der Waals surface area contributed by atoms with Crippen LogP contribution in [0.15, 0.2) is 28.7 Å². The Morgan fingerprint density at radius 3 is 2.54 bits per heavy atom. The Balaban J connectivity index is 1.73. The van der Waals surface area contributed by atoms with Crippen LogP contribution in [0.4, 0.5) is 0 Å². The molecule has 1 saturated heterocycles. The Bertz CT molecular complexity index is 736. The third kappa shape index (κ3) is 3.41. The number of carbonyl (C=O) groups is 1. The minimum atomic E-state index is 0.155. The van der Waals surface area contributed by atoms with E-state index in [4.69, 9.17) is 0 Å². The predicted molar refractivity (Wildman–Crippen MR) is 99.3 cm³/mol. The monoisotopic (exact) mass is 389 g/mol. The van der Waals surface area contributed by atoms with Crippen LogP contribution in [0.25, 0.3) is 0 Å². The first kappa shape index (κ1) is 17.2. The SMILES string of the molecule is Cc1nn(Cc2ccc(C(=O)N3CCCCC3C)cc2)c(C)c1Br. The molecule has 24 heavy (non-hydrogen) atoms. The van der Waals surface area contributed by atoms with E-state index in [1.165, 1.54) is 6.42 Å². The molecule has 2 aromatic rings. The van der Waals surface area contributed by atoms with Gasteiger partial charge >= 0.3 is 0 Å². The lowest BCUT2D eigenvalue weighted by Crippen LogP contribution is -2.42. The molecule has 0 saturated carbocycles. The summed E-state index contributed by atoms with van der Waals surface area (Å²) < 4.78 is 3.05. The Morgan fingerprint density at radius 2 is 1.96 bits per heavy atom. The van der Waals surface area contributed by atoms with Gasteiger partial charge in [-0.25, -0.2) is 0 Å².